The highest BCUT2D eigenvalue weighted by Gasteiger charge is 2.12. The molecule has 1 aromatic heterocycles. The molecule has 0 saturated carbocycles. The number of anilines is 1. The maximum Gasteiger partial charge on any atom is 0.323 e. The van der Waals surface area contributed by atoms with Crippen LogP contribution in [0.1, 0.15) is 10.5 Å². The molecule has 0 bridgehead atoms. The van der Waals surface area contributed by atoms with E-state index < -0.39 is 11.9 Å². The van der Waals surface area contributed by atoms with E-state index in [9.17, 15) is 9.59 Å². The van der Waals surface area contributed by atoms with E-state index >= 15 is 0 Å². The first-order valence-corrected chi connectivity index (χ1v) is 4.71. The summed E-state index contributed by atoms with van der Waals surface area (Å²) in [5.41, 5.74) is 5.15. The SMILES string of the molecule is C#CCN(CC(=O)O)c1cccc(C(N)=O)n1. The zero-order chi connectivity index (χ0) is 12.8. The fourth-order valence-electron chi connectivity index (χ4n) is 1.23. The predicted octanol–water partition coefficient (Wildman–Crippen LogP) is -0.295. The van der Waals surface area contributed by atoms with Crippen molar-refractivity contribution in [2.75, 3.05) is 18.0 Å². The van der Waals surface area contributed by atoms with Crippen LogP contribution in [0.2, 0.25) is 0 Å². The Morgan fingerprint density at radius 3 is 2.76 bits per heavy atom. The fourth-order valence-corrected chi connectivity index (χ4v) is 1.23. The van der Waals surface area contributed by atoms with Gasteiger partial charge in [-0.15, -0.1) is 6.42 Å². The molecule has 0 unspecified atom stereocenters. The minimum Gasteiger partial charge on any atom is -0.480 e. The third-order valence-corrected chi connectivity index (χ3v) is 1.92. The van der Waals surface area contributed by atoms with Crippen molar-refractivity contribution in [1.82, 2.24) is 4.98 Å². The molecule has 0 aromatic carbocycles. The van der Waals surface area contributed by atoms with Crippen molar-refractivity contribution in [1.29, 1.82) is 0 Å². The Labute approximate surface area is 98.1 Å². The molecule has 3 N–H and O–H groups in total. The number of aromatic nitrogens is 1. The lowest BCUT2D eigenvalue weighted by Crippen LogP contribution is -2.31. The topological polar surface area (TPSA) is 96.5 Å². The zero-order valence-electron chi connectivity index (χ0n) is 8.96. The van der Waals surface area contributed by atoms with Crippen LogP contribution in [-0.2, 0) is 4.79 Å². The molecule has 6 heteroatoms. The Morgan fingerprint density at radius 1 is 1.53 bits per heavy atom. The van der Waals surface area contributed by atoms with E-state index in [2.05, 4.69) is 10.9 Å². The first-order valence-electron chi connectivity index (χ1n) is 4.71. The van der Waals surface area contributed by atoms with E-state index in [1.807, 2.05) is 0 Å². The van der Waals surface area contributed by atoms with Gasteiger partial charge < -0.3 is 15.7 Å². The van der Waals surface area contributed by atoms with Crippen molar-refractivity contribution in [3.05, 3.63) is 23.9 Å². The standard InChI is InChI=1S/C11H11N3O3/c1-2-6-14(7-10(15)16)9-5-3-4-8(13-9)11(12)17/h1,3-5H,6-7H2,(H2,12,17)(H,15,16). The van der Waals surface area contributed by atoms with E-state index in [-0.39, 0.29) is 18.8 Å². The monoisotopic (exact) mass is 233 g/mol. The molecule has 0 atom stereocenters. The highest BCUT2D eigenvalue weighted by molar-refractivity contribution is 5.91. The number of primary amides is 1. The molecule has 1 heterocycles. The number of carbonyl (C=O) groups excluding carboxylic acids is 1. The first kappa shape index (κ1) is 12.5. The molecule has 0 aliphatic carbocycles. The molecule has 17 heavy (non-hydrogen) atoms. The third-order valence-electron chi connectivity index (χ3n) is 1.92. The molecule has 0 spiro atoms. The Balaban J connectivity index is 3.01. The van der Waals surface area contributed by atoms with Crippen LogP contribution in [0.15, 0.2) is 18.2 Å². The largest absolute Gasteiger partial charge is 0.480 e. The smallest absolute Gasteiger partial charge is 0.323 e. The average molecular weight is 233 g/mol. The maximum absolute atomic E-state index is 10.9. The maximum atomic E-state index is 10.9. The number of hydrogen-bond donors (Lipinski definition) is 2. The molecule has 0 fully saturated rings. The first-order chi connectivity index (χ1) is 8.04. The minimum absolute atomic E-state index is 0.0647. The second kappa shape index (κ2) is 5.51. The van der Waals surface area contributed by atoms with Crippen LogP contribution in [0.25, 0.3) is 0 Å². The molecular formula is C11H11N3O3. The number of carboxylic acids is 1. The van der Waals surface area contributed by atoms with Gasteiger partial charge in [-0.25, -0.2) is 4.98 Å². The normalized spacial score (nSPS) is 9.35. The molecular weight excluding hydrogens is 222 g/mol. The molecule has 1 rings (SSSR count). The summed E-state index contributed by atoms with van der Waals surface area (Å²) < 4.78 is 0. The van der Waals surface area contributed by atoms with Gasteiger partial charge >= 0.3 is 5.97 Å². The van der Waals surface area contributed by atoms with Gasteiger partial charge in [-0.05, 0) is 12.1 Å². The van der Waals surface area contributed by atoms with Crippen LogP contribution in [0.3, 0.4) is 0 Å². The van der Waals surface area contributed by atoms with E-state index in [1.54, 1.807) is 12.1 Å². The summed E-state index contributed by atoms with van der Waals surface area (Å²) in [7, 11) is 0. The van der Waals surface area contributed by atoms with Crippen molar-refractivity contribution >= 4 is 17.7 Å². The molecule has 1 aromatic rings. The fraction of sp³-hybridized carbons (Fsp3) is 0.182. The molecule has 1 amide bonds. The number of rotatable bonds is 5. The second-order valence-corrected chi connectivity index (χ2v) is 3.20. The van der Waals surface area contributed by atoms with Gasteiger partial charge in [-0.2, -0.15) is 0 Å². The van der Waals surface area contributed by atoms with E-state index in [0.29, 0.717) is 5.82 Å². The number of carboxylic acid groups (broad SMARTS) is 1. The van der Waals surface area contributed by atoms with Gasteiger partial charge in [0.1, 0.15) is 18.1 Å². The lowest BCUT2D eigenvalue weighted by atomic mass is 10.3. The molecule has 88 valence electrons. The summed E-state index contributed by atoms with van der Waals surface area (Å²) in [5.74, 6) is 0.920. The van der Waals surface area contributed by atoms with Gasteiger partial charge in [0.15, 0.2) is 0 Å². The van der Waals surface area contributed by atoms with Crippen LogP contribution in [0.4, 0.5) is 5.82 Å². The van der Waals surface area contributed by atoms with Gasteiger partial charge in [-0.1, -0.05) is 12.0 Å². The van der Waals surface area contributed by atoms with Crippen LogP contribution < -0.4 is 10.6 Å². The number of aliphatic carboxylic acids is 1. The minimum atomic E-state index is -1.04. The highest BCUT2D eigenvalue weighted by Crippen LogP contribution is 2.10. The lowest BCUT2D eigenvalue weighted by Gasteiger charge is -2.18. The summed E-state index contributed by atoms with van der Waals surface area (Å²) in [6.07, 6.45) is 5.14. The quantitative estimate of drug-likeness (QED) is 0.681. The Kier molecular flexibility index (Phi) is 4.06. The van der Waals surface area contributed by atoms with Gasteiger partial charge in [0.25, 0.3) is 5.91 Å². The number of nitrogens with zero attached hydrogens (tertiary/aromatic N) is 2. The Hall–Kier alpha value is -2.55. The van der Waals surface area contributed by atoms with Crippen molar-refractivity contribution in [3.8, 4) is 12.3 Å². The number of terminal acetylenes is 1. The molecule has 0 aliphatic rings. The van der Waals surface area contributed by atoms with Gasteiger partial charge in [-0.3, -0.25) is 9.59 Å². The van der Waals surface area contributed by atoms with Crippen LogP contribution in [-0.4, -0.2) is 35.1 Å². The Morgan fingerprint density at radius 2 is 2.24 bits per heavy atom. The van der Waals surface area contributed by atoms with E-state index in [4.69, 9.17) is 17.3 Å². The molecule has 0 aliphatic heterocycles. The number of pyridine rings is 1. The zero-order valence-corrected chi connectivity index (χ0v) is 8.96. The summed E-state index contributed by atoms with van der Waals surface area (Å²) in [5, 5.41) is 8.72. The number of nitrogens with two attached hydrogens (primary N) is 1. The summed E-state index contributed by atoms with van der Waals surface area (Å²) in [6, 6.07) is 4.57. The van der Waals surface area contributed by atoms with E-state index in [1.165, 1.54) is 11.0 Å². The molecule has 0 saturated heterocycles. The Bertz CT molecular complexity index is 479. The number of amides is 1. The van der Waals surface area contributed by atoms with Crippen LogP contribution >= 0.6 is 0 Å². The second-order valence-electron chi connectivity index (χ2n) is 3.20. The van der Waals surface area contributed by atoms with Crippen molar-refractivity contribution < 1.29 is 14.7 Å². The van der Waals surface area contributed by atoms with Gasteiger partial charge in [0.2, 0.25) is 0 Å². The van der Waals surface area contributed by atoms with Crippen molar-refractivity contribution in [3.63, 3.8) is 0 Å². The number of carbonyl (C=O) groups is 2. The summed E-state index contributed by atoms with van der Waals surface area (Å²) >= 11 is 0. The van der Waals surface area contributed by atoms with Gasteiger partial charge in [0, 0.05) is 0 Å². The molecule has 6 nitrogen and oxygen atoms in total. The van der Waals surface area contributed by atoms with Crippen molar-refractivity contribution in [2.24, 2.45) is 5.73 Å². The van der Waals surface area contributed by atoms with Crippen LogP contribution in [0.5, 0.6) is 0 Å². The highest BCUT2D eigenvalue weighted by atomic mass is 16.4. The van der Waals surface area contributed by atoms with Crippen LogP contribution in [0, 0.1) is 12.3 Å². The number of hydrogen-bond acceptors (Lipinski definition) is 4. The summed E-state index contributed by atoms with van der Waals surface area (Å²) in [4.78, 5) is 26.9. The average Bonchev–Trinajstić information content (AvgIpc) is 2.28. The van der Waals surface area contributed by atoms with Gasteiger partial charge in [0.05, 0.1) is 6.54 Å². The summed E-state index contributed by atoms with van der Waals surface area (Å²) in [6.45, 7) is -0.207. The predicted molar refractivity (Wildman–Crippen MR) is 61.4 cm³/mol. The van der Waals surface area contributed by atoms with Crippen molar-refractivity contribution in [2.45, 2.75) is 0 Å². The lowest BCUT2D eigenvalue weighted by molar-refractivity contribution is -0.135. The molecule has 0 radical (unpaired) electrons. The third kappa shape index (κ3) is 3.50. The van der Waals surface area contributed by atoms with E-state index in [0.717, 1.165) is 0 Å².